The Labute approximate surface area is 205 Å². The number of carbonyl (C=O) groups is 2. The molecule has 2 amide bonds. The van der Waals surface area contributed by atoms with Gasteiger partial charge in [0.2, 0.25) is 11.8 Å². The molecule has 1 saturated heterocycles. The molecule has 8 heteroatoms. The quantitative estimate of drug-likeness (QED) is 0.547. The Hall–Kier alpha value is -3.31. The maximum absolute atomic E-state index is 12.2. The molecule has 0 radical (unpaired) electrons. The average Bonchev–Trinajstić information content (AvgIpc) is 3.21. The fourth-order valence-electron chi connectivity index (χ4n) is 4.55. The van der Waals surface area contributed by atoms with Gasteiger partial charge in [-0.15, -0.1) is 0 Å². The molecule has 0 spiro atoms. The van der Waals surface area contributed by atoms with Gasteiger partial charge in [-0.25, -0.2) is 4.98 Å². The topological polar surface area (TPSA) is 124 Å². The van der Waals surface area contributed by atoms with Crippen LogP contribution >= 0.6 is 0 Å². The number of aromatic nitrogens is 1. The van der Waals surface area contributed by atoms with Crippen molar-refractivity contribution < 1.29 is 24.2 Å². The molecule has 4 rings (SSSR count). The molecule has 1 atom stereocenters. The van der Waals surface area contributed by atoms with Gasteiger partial charge in [0.25, 0.3) is 5.91 Å². The summed E-state index contributed by atoms with van der Waals surface area (Å²) in [6, 6.07) is 3.35. The van der Waals surface area contributed by atoms with Gasteiger partial charge in [0, 0.05) is 29.3 Å². The van der Waals surface area contributed by atoms with Crippen molar-refractivity contribution in [3.63, 3.8) is 0 Å². The van der Waals surface area contributed by atoms with E-state index in [-0.39, 0.29) is 29.5 Å². The Morgan fingerprint density at radius 1 is 1.29 bits per heavy atom. The fraction of sp³-hybridized carbons (Fsp3) is 0.519. The second kappa shape index (κ2) is 10.1. The van der Waals surface area contributed by atoms with Crippen LogP contribution in [0, 0.1) is 17.8 Å². The number of ether oxygens (including phenoxy) is 2. The number of nitrogens with one attached hydrogen (secondary N) is 1. The molecule has 2 aliphatic rings. The van der Waals surface area contributed by atoms with Crippen LogP contribution in [0.4, 0.5) is 0 Å². The maximum Gasteiger partial charge on any atom is 0.252 e. The highest BCUT2D eigenvalue weighted by Crippen LogP contribution is 2.34. The van der Waals surface area contributed by atoms with Crippen LogP contribution in [-0.4, -0.2) is 46.3 Å². The van der Waals surface area contributed by atoms with Crippen molar-refractivity contribution in [1.82, 2.24) is 10.3 Å². The number of hydrogen-bond donors (Lipinski definition) is 3. The number of nitrogens with two attached hydrogens (primary N) is 1. The first-order chi connectivity index (χ1) is 16.6. The molecule has 0 unspecified atom stereocenters. The zero-order valence-corrected chi connectivity index (χ0v) is 20.5. The number of amides is 2. The summed E-state index contributed by atoms with van der Waals surface area (Å²) < 4.78 is 11.9. The molecule has 2 fully saturated rings. The number of carbonyl (C=O) groups excluding carboxylic acids is 2. The lowest BCUT2D eigenvalue weighted by atomic mass is 9.80. The van der Waals surface area contributed by atoms with Gasteiger partial charge in [0.1, 0.15) is 12.4 Å². The van der Waals surface area contributed by atoms with E-state index in [0.717, 1.165) is 25.7 Å². The van der Waals surface area contributed by atoms with Gasteiger partial charge in [-0.3, -0.25) is 9.59 Å². The third kappa shape index (κ3) is 6.04. The third-order valence-corrected chi connectivity index (χ3v) is 6.56. The van der Waals surface area contributed by atoms with Crippen LogP contribution < -0.4 is 20.5 Å². The summed E-state index contributed by atoms with van der Waals surface area (Å²) >= 11 is 0. The molecule has 1 saturated carbocycles. The molecule has 35 heavy (non-hydrogen) atoms. The number of benzene rings is 1. The van der Waals surface area contributed by atoms with E-state index in [1.54, 1.807) is 18.3 Å². The normalized spacial score (nSPS) is 24.1. The molecule has 1 aromatic heterocycles. The predicted octanol–water partition coefficient (Wildman–Crippen LogP) is 3.07. The highest BCUT2D eigenvalue weighted by molar-refractivity contribution is 6.03. The van der Waals surface area contributed by atoms with Crippen LogP contribution in [0.25, 0.3) is 10.8 Å². The van der Waals surface area contributed by atoms with Crippen LogP contribution in [0.3, 0.4) is 0 Å². The van der Waals surface area contributed by atoms with Crippen molar-refractivity contribution >= 4 is 22.6 Å². The second-order valence-electron chi connectivity index (χ2n) is 10.1. The molecule has 1 aliphatic heterocycles. The molecule has 4 N–H and O–H groups in total. The Morgan fingerprint density at radius 3 is 2.66 bits per heavy atom. The summed E-state index contributed by atoms with van der Waals surface area (Å²) in [5, 5.41) is 14.5. The van der Waals surface area contributed by atoms with Gasteiger partial charge < -0.3 is 25.6 Å². The summed E-state index contributed by atoms with van der Waals surface area (Å²) in [6.45, 7) is 5.90. The Kier molecular flexibility index (Phi) is 7.18. The largest absolute Gasteiger partial charge is 0.490 e. The summed E-state index contributed by atoms with van der Waals surface area (Å²) in [5.41, 5.74) is 5.99. The lowest BCUT2D eigenvalue weighted by Gasteiger charge is -2.30. The monoisotopic (exact) mass is 479 g/mol. The highest BCUT2D eigenvalue weighted by Gasteiger charge is 2.28. The number of nitrogens with zero attached hydrogens (tertiary/aromatic N) is 1. The van der Waals surface area contributed by atoms with Gasteiger partial charge in [0.15, 0.2) is 0 Å². The molecule has 2 heterocycles. The number of pyridine rings is 1. The molecule has 0 bridgehead atoms. The molecular formula is C27H33N3O5. The van der Waals surface area contributed by atoms with E-state index in [9.17, 15) is 14.7 Å². The Balaban J connectivity index is 1.71. The number of primary amides is 1. The van der Waals surface area contributed by atoms with Crippen LogP contribution in [0.15, 0.2) is 18.3 Å². The Bertz CT molecular complexity index is 1180. The molecule has 1 aromatic carbocycles. The zero-order chi connectivity index (χ0) is 25.2. The van der Waals surface area contributed by atoms with Crippen molar-refractivity contribution in [2.45, 2.75) is 77.0 Å². The van der Waals surface area contributed by atoms with Crippen molar-refractivity contribution in [2.75, 3.05) is 6.61 Å². The van der Waals surface area contributed by atoms with E-state index in [2.05, 4.69) is 22.1 Å². The molecule has 1 aliphatic carbocycles. The summed E-state index contributed by atoms with van der Waals surface area (Å²) in [5.74, 6) is 6.92. The third-order valence-electron chi connectivity index (χ3n) is 6.56. The van der Waals surface area contributed by atoms with E-state index >= 15 is 0 Å². The lowest BCUT2D eigenvalue weighted by Crippen LogP contribution is -2.31. The van der Waals surface area contributed by atoms with Gasteiger partial charge in [-0.05, 0) is 65.0 Å². The SMILES string of the molecule is CC(C)Oc1cc2c(OC[C@@H]3CCC(=O)N3)ncc(C#C[C@H]3CC[C@@](C)(O)CC3)c2cc1C(N)=O. The smallest absolute Gasteiger partial charge is 0.252 e. The second-order valence-corrected chi connectivity index (χ2v) is 10.1. The summed E-state index contributed by atoms with van der Waals surface area (Å²) in [4.78, 5) is 28.3. The van der Waals surface area contributed by atoms with Gasteiger partial charge >= 0.3 is 0 Å². The average molecular weight is 480 g/mol. The number of rotatable bonds is 6. The highest BCUT2D eigenvalue weighted by atomic mass is 16.5. The molecule has 2 aromatic rings. The minimum Gasteiger partial charge on any atom is -0.490 e. The number of aliphatic hydroxyl groups is 1. The first-order valence-electron chi connectivity index (χ1n) is 12.2. The fourth-order valence-corrected chi connectivity index (χ4v) is 4.55. The molecule has 186 valence electrons. The standard InChI is InChI=1S/C27H33N3O5/c1-16(2)35-23-13-21-20(12-22(23)25(28)32)18(5-4-17-8-10-27(3,33)11-9-17)14-29-26(21)34-15-19-6-7-24(31)30-19/h12-14,16-17,19,33H,6-11,15H2,1-3H3,(H2,28,32)(H,30,31)/t17-,19-,27+/m0/s1. The van der Waals surface area contributed by atoms with Crippen molar-refractivity contribution in [2.24, 2.45) is 11.7 Å². The van der Waals surface area contributed by atoms with E-state index in [1.165, 1.54) is 0 Å². The van der Waals surface area contributed by atoms with E-state index in [1.807, 2.05) is 20.8 Å². The van der Waals surface area contributed by atoms with Crippen LogP contribution in [0.5, 0.6) is 11.6 Å². The molecule has 8 nitrogen and oxygen atoms in total. The van der Waals surface area contributed by atoms with Crippen molar-refractivity contribution in [3.05, 3.63) is 29.5 Å². The number of hydrogen-bond acceptors (Lipinski definition) is 6. The van der Waals surface area contributed by atoms with Crippen molar-refractivity contribution in [3.8, 4) is 23.5 Å². The van der Waals surface area contributed by atoms with E-state index < -0.39 is 11.5 Å². The van der Waals surface area contributed by atoms with E-state index in [0.29, 0.717) is 47.4 Å². The summed E-state index contributed by atoms with van der Waals surface area (Å²) in [6.07, 6.45) is 5.78. The van der Waals surface area contributed by atoms with Crippen LogP contribution in [0.2, 0.25) is 0 Å². The maximum atomic E-state index is 12.2. The van der Waals surface area contributed by atoms with Gasteiger partial charge in [-0.2, -0.15) is 0 Å². The van der Waals surface area contributed by atoms with Crippen LogP contribution in [-0.2, 0) is 4.79 Å². The lowest BCUT2D eigenvalue weighted by molar-refractivity contribution is -0.119. The Morgan fingerprint density at radius 2 is 2.03 bits per heavy atom. The molecular weight excluding hydrogens is 446 g/mol. The van der Waals surface area contributed by atoms with Gasteiger partial charge in [-0.1, -0.05) is 11.8 Å². The minimum atomic E-state index is -0.618. The summed E-state index contributed by atoms with van der Waals surface area (Å²) in [7, 11) is 0. The van der Waals surface area contributed by atoms with E-state index in [4.69, 9.17) is 15.2 Å². The zero-order valence-electron chi connectivity index (χ0n) is 20.5. The predicted molar refractivity (Wildman–Crippen MR) is 132 cm³/mol. The minimum absolute atomic E-state index is 0.0185. The van der Waals surface area contributed by atoms with Crippen LogP contribution in [0.1, 0.15) is 75.2 Å². The first kappa shape index (κ1) is 24.8. The van der Waals surface area contributed by atoms with Gasteiger partial charge in [0.05, 0.1) is 28.9 Å². The van der Waals surface area contributed by atoms with Crippen molar-refractivity contribution in [1.29, 1.82) is 0 Å². The number of fused-ring (bicyclic) bond motifs is 1. The first-order valence-corrected chi connectivity index (χ1v) is 12.2.